The average Bonchev–Trinajstić information content (AvgIpc) is 0.896. The Balaban J connectivity index is 4.57. The summed E-state index contributed by atoms with van der Waals surface area (Å²) >= 11 is 0. The number of aliphatic hydroxyl groups excluding tert-OH is 2. The number of rotatable bonds is 100. The first-order valence-electron chi connectivity index (χ1n) is 52.8. The molecule has 129 heavy (non-hydrogen) atoms. The van der Waals surface area contributed by atoms with Crippen molar-refractivity contribution in [1.82, 2.24) is 0 Å². The second kappa shape index (κ2) is 102. The van der Waals surface area contributed by atoms with Gasteiger partial charge in [0, 0.05) is 19.3 Å². The molecule has 0 heterocycles. The zero-order chi connectivity index (χ0) is 93.5. The van der Waals surface area contributed by atoms with E-state index in [0.29, 0.717) is 19.3 Å². The summed E-state index contributed by atoms with van der Waals surface area (Å²) in [6.45, 7) is 2.60. The molecule has 0 fully saturated rings. The van der Waals surface area contributed by atoms with E-state index in [1.165, 1.54) is 270 Å². The smallest absolute Gasteiger partial charge is 0.463 e. The van der Waals surface area contributed by atoms with Gasteiger partial charge in [-0.3, -0.25) is 32.5 Å². The molecule has 0 aliphatic heterocycles. The van der Waals surface area contributed by atoms with Crippen molar-refractivity contribution >= 4 is 33.6 Å². The van der Waals surface area contributed by atoms with E-state index in [-0.39, 0.29) is 19.3 Å². The van der Waals surface area contributed by atoms with E-state index >= 15 is 0 Å². The maximum absolute atomic E-state index is 13.1. The Morgan fingerprint density at radius 1 is 0.225 bits per heavy atom. The molecule has 0 aromatic rings. The van der Waals surface area contributed by atoms with E-state index in [4.69, 9.17) is 32.3 Å². The monoisotopic (exact) mass is 1850 g/mol. The molecule has 0 radical (unpaired) electrons. The van der Waals surface area contributed by atoms with Gasteiger partial charge in [0.15, 0.2) is 6.10 Å². The normalized spacial score (nSPS) is 14.3. The lowest BCUT2D eigenvalue weighted by molar-refractivity contribution is -0.161. The zero-order valence-corrected chi connectivity index (χ0v) is 84.4. The molecule has 16 nitrogen and oxygen atoms in total. The van der Waals surface area contributed by atoms with Crippen LogP contribution in [0.15, 0.2) is 158 Å². The number of carbonyl (C=O) groups is 3. The second-order valence-electron chi connectivity index (χ2n) is 35.3. The number of aliphatic hydroxyl groups is 2. The van der Waals surface area contributed by atoms with Crippen LogP contribution in [0.1, 0.15) is 470 Å². The van der Waals surface area contributed by atoms with E-state index in [1.807, 2.05) is 0 Å². The fourth-order valence-corrected chi connectivity index (χ4v) is 16.3. The third kappa shape index (κ3) is 104. The molecule has 0 aliphatic rings. The van der Waals surface area contributed by atoms with Gasteiger partial charge in [-0.2, -0.15) is 0 Å². The number of allylic oxidation sites excluding steroid dienone is 26. The van der Waals surface area contributed by atoms with Crippen LogP contribution < -0.4 is 0 Å². The number of phosphoric acid groups is 2. The lowest BCUT2D eigenvalue weighted by Gasteiger charge is -2.21. The van der Waals surface area contributed by atoms with Crippen molar-refractivity contribution < 1.29 is 75.8 Å². The van der Waals surface area contributed by atoms with Gasteiger partial charge in [-0.1, -0.05) is 455 Å². The minimum atomic E-state index is -4.95. The Kier molecular flexibility index (Phi) is 98.3. The number of hydrogen-bond donors (Lipinski definition) is 4. The van der Waals surface area contributed by atoms with Crippen molar-refractivity contribution in [3.8, 4) is 0 Å². The Bertz CT molecular complexity index is 2980. The van der Waals surface area contributed by atoms with Crippen LogP contribution in [0.4, 0.5) is 0 Å². The molecule has 0 amide bonds. The molecule has 5 unspecified atom stereocenters. The molecule has 4 N–H and O–H groups in total. The highest BCUT2D eigenvalue weighted by Crippen LogP contribution is 2.45. The van der Waals surface area contributed by atoms with Crippen LogP contribution in [0.2, 0.25) is 0 Å². The van der Waals surface area contributed by atoms with Gasteiger partial charge < -0.3 is 34.2 Å². The standard InChI is InChI=1S/C111H194O16P2/c1-4-7-10-13-16-19-22-25-28-31-34-37-40-43-46-48-50-51-52-53-55-57-59-61-64-67-70-73-76-79-82-85-88-91-94-97-109(114)121-100-106(112)101-123-128(117,118)124-102-107(113)103-125-129(119,120)126-105-108(127-111(116)99-96-93-90-87-84-81-78-75-72-69-66-63-58-45-42-39-36-33-30-27-24-21-18-15-12-9-6-3)104-122-110(115)98-95-92-89-86-83-80-77-74-71-68-65-62-60-56-54-49-47-44-41-38-35-32-29-26-23-20-17-14-11-8-5-2/h9,12,16-21,25-30,34-39,43-47,58,106-108,112-113H,4-8,10-11,13-15,22-24,31-33,40-42,48-57,59-105H2,1-3H3,(H,117,118)(H,119,120)/b12-9-,19-16-,20-17-,21-18-,28-25-,29-26-,30-27-,37-34-,38-35-,39-36-,46-43-,47-44-,58-45-. The van der Waals surface area contributed by atoms with E-state index in [0.717, 1.165) is 141 Å². The SMILES string of the molecule is CC/C=C\C/C=C\C/C=C\C/C=C\C/C=C\CCCCCCCCCCCCCC(=O)OC(COC(=O)CCCCCCCCCCCCCCCCC/C=C\C/C=C\C/C=C\C/C=C\CCCCC)COP(=O)(O)OCC(O)COP(=O)(O)OCC(O)COC(=O)CCCCCCCCCCCCCCCCCCCCC/C=C\C/C=C\C/C=C\C/C=C\CCCCC. The Hall–Kier alpha value is -4.83. The molecular weight excluding hydrogens is 1650 g/mol. The van der Waals surface area contributed by atoms with Gasteiger partial charge >= 0.3 is 33.6 Å². The Labute approximate surface area is 790 Å². The van der Waals surface area contributed by atoms with Crippen molar-refractivity contribution in [1.29, 1.82) is 0 Å². The number of esters is 3. The predicted molar refractivity (Wildman–Crippen MR) is 546 cm³/mol. The van der Waals surface area contributed by atoms with Gasteiger partial charge in [-0.15, -0.1) is 0 Å². The van der Waals surface area contributed by atoms with Crippen molar-refractivity contribution in [2.45, 2.75) is 489 Å². The van der Waals surface area contributed by atoms with Crippen LogP contribution in [-0.4, -0.2) is 95.9 Å². The fraction of sp³-hybridized carbons (Fsp3) is 0.739. The lowest BCUT2D eigenvalue weighted by atomic mass is 10.0. The first-order chi connectivity index (χ1) is 63.2. The van der Waals surface area contributed by atoms with Crippen molar-refractivity contribution in [3.63, 3.8) is 0 Å². The van der Waals surface area contributed by atoms with E-state index in [2.05, 4.69) is 179 Å². The van der Waals surface area contributed by atoms with E-state index in [1.54, 1.807) is 0 Å². The summed E-state index contributed by atoms with van der Waals surface area (Å²) in [6.07, 6.45) is 133. The number of hydrogen-bond acceptors (Lipinski definition) is 14. The van der Waals surface area contributed by atoms with Gasteiger partial charge in [0.1, 0.15) is 25.4 Å². The predicted octanol–water partition coefficient (Wildman–Crippen LogP) is 33.6. The number of unbranched alkanes of at least 4 members (excludes halogenated alkanes) is 51. The summed E-state index contributed by atoms with van der Waals surface area (Å²) < 4.78 is 61.7. The molecule has 0 rings (SSSR count). The second-order valence-corrected chi connectivity index (χ2v) is 38.2. The first kappa shape index (κ1) is 124. The van der Waals surface area contributed by atoms with E-state index < -0.39 is 91.5 Å². The molecule has 0 bridgehead atoms. The molecule has 0 aromatic heterocycles. The quantitative estimate of drug-likeness (QED) is 0.0146. The minimum absolute atomic E-state index is 0.0985. The molecule has 0 spiro atoms. The number of phosphoric ester groups is 2. The average molecular weight is 1850 g/mol. The zero-order valence-electron chi connectivity index (χ0n) is 82.6. The summed E-state index contributed by atoms with van der Waals surface area (Å²) in [5.41, 5.74) is 0. The maximum Gasteiger partial charge on any atom is 0.472 e. The van der Waals surface area contributed by atoms with Crippen LogP contribution in [0.3, 0.4) is 0 Å². The Morgan fingerprint density at radius 2 is 0.411 bits per heavy atom. The van der Waals surface area contributed by atoms with Crippen LogP contribution in [0.5, 0.6) is 0 Å². The van der Waals surface area contributed by atoms with E-state index in [9.17, 15) is 43.5 Å². The first-order valence-corrected chi connectivity index (χ1v) is 55.8. The maximum atomic E-state index is 13.1. The molecule has 0 saturated heterocycles. The molecule has 0 saturated carbocycles. The number of ether oxygens (including phenoxy) is 3. The highest BCUT2D eigenvalue weighted by atomic mass is 31.2. The van der Waals surface area contributed by atoms with Crippen molar-refractivity contribution in [3.05, 3.63) is 158 Å². The van der Waals surface area contributed by atoms with Crippen molar-refractivity contribution in [2.75, 3.05) is 39.6 Å². The highest BCUT2D eigenvalue weighted by Gasteiger charge is 2.30. The summed E-state index contributed by atoms with van der Waals surface area (Å²) in [5.74, 6) is -1.56. The van der Waals surface area contributed by atoms with Crippen LogP contribution >= 0.6 is 15.6 Å². The molecule has 744 valence electrons. The van der Waals surface area contributed by atoms with Gasteiger partial charge in [-0.05, 0) is 154 Å². The number of carbonyl (C=O) groups excluding carboxylic acids is 3. The third-order valence-electron chi connectivity index (χ3n) is 22.7. The fourth-order valence-electron chi connectivity index (χ4n) is 14.7. The molecule has 0 aliphatic carbocycles. The third-order valence-corrected chi connectivity index (χ3v) is 24.6. The molecule has 5 atom stereocenters. The van der Waals surface area contributed by atoms with Crippen LogP contribution in [0.25, 0.3) is 0 Å². The highest BCUT2D eigenvalue weighted by molar-refractivity contribution is 7.47. The molecular formula is C111H194O16P2. The van der Waals surface area contributed by atoms with Crippen molar-refractivity contribution in [2.24, 2.45) is 0 Å². The molecule has 18 heteroatoms. The van der Waals surface area contributed by atoms with Gasteiger partial charge in [-0.25, -0.2) is 9.13 Å². The van der Waals surface area contributed by atoms with Gasteiger partial charge in [0.05, 0.1) is 26.4 Å². The largest absolute Gasteiger partial charge is 0.472 e. The van der Waals surface area contributed by atoms with Gasteiger partial charge in [0.25, 0.3) is 0 Å². The van der Waals surface area contributed by atoms with Gasteiger partial charge in [0.2, 0.25) is 0 Å². The summed E-state index contributed by atoms with van der Waals surface area (Å²) in [6, 6.07) is 0. The summed E-state index contributed by atoms with van der Waals surface area (Å²) in [4.78, 5) is 59.3. The topological polar surface area (TPSA) is 231 Å². The van der Waals surface area contributed by atoms with Crippen LogP contribution in [0, 0.1) is 0 Å². The van der Waals surface area contributed by atoms with Crippen LogP contribution in [-0.2, 0) is 55.8 Å². The Morgan fingerprint density at radius 3 is 0.651 bits per heavy atom. The molecule has 0 aromatic carbocycles. The summed E-state index contributed by atoms with van der Waals surface area (Å²) in [5, 5.41) is 20.8. The lowest BCUT2D eigenvalue weighted by Crippen LogP contribution is -2.30. The summed E-state index contributed by atoms with van der Waals surface area (Å²) in [7, 11) is -9.82. The minimum Gasteiger partial charge on any atom is -0.463 e.